The van der Waals surface area contributed by atoms with Crippen molar-refractivity contribution in [2.45, 2.75) is 57.9 Å². The lowest BCUT2D eigenvalue weighted by molar-refractivity contribution is -0.123. The second-order valence-electron chi connectivity index (χ2n) is 10.1. The minimum Gasteiger partial charge on any atom is -0.334 e. The van der Waals surface area contributed by atoms with Gasteiger partial charge in [-0.25, -0.2) is 0 Å². The van der Waals surface area contributed by atoms with Gasteiger partial charge in [0, 0.05) is 44.7 Å². The first kappa shape index (κ1) is 26.1. The minimum atomic E-state index is -0.681. The maximum atomic E-state index is 13.3. The molecule has 35 heavy (non-hydrogen) atoms. The second kappa shape index (κ2) is 11.0. The number of Topliss-reactive ketones (excluding diaryl/α,β-unsaturated/α-hetero) is 1. The first-order chi connectivity index (χ1) is 16.7. The molecule has 9 heteroatoms. The van der Waals surface area contributed by atoms with Crippen LogP contribution in [0, 0.1) is 0 Å². The molecule has 2 heterocycles. The van der Waals surface area contributed by atoms with Crippen LogP contribution in [0.5, 0.6) is 0 Å². The van der Waals surface area contributed by atoms with E-state index in [2.05, 4.69) is 9.80 Å². The molecule has 0 radical (unpaired) electrons. The maximum absolute atomic E-state index is 13.3. The average Bonchev–Trinajstić information content (AvgIpc) is 3.30. The van der Waals surface area contributed by atoms with E-state index in [1.165, 1.54) is 11.8 Å². The number of benzene rings is 1. The summed E-state index contributed by atoms with van der Waals surface area (Å²) in [5.41, 5.74) is 1.87. The predicted molar refractivity (Wildman–Crippen MR) is 145 cm³/mol. The number of rotatable bonds is 8. The van der Waals surface area contributed by atoms with Crippen LogP contribution in [0.2, 0.25) is 0 Å². The molecule has 0 bridgehead atoms. The highest BCUT2D eigenvalue weighted by Gasteiger charge is 2.49. The third-order valence-corrected chi connectivity index (χ3v) is 8.51. The normalized spacial score (nSPS) is 20.2. The molecule has 0 atom stereocenters. The Kier molecular flexibility index (Phi) is 8.18. The van der Waals surface area contributed by atoms with Crippen LogP contribution < -0.4 is 4.90 Å². The van der Waals surface area contributed by atoms with Gasteiger partial charge in [0.2, 0.25) is 0 Å². The largest absolute Gasteiger partial charge is 0.334 e. The monoisotopic (exact) mass is 516 g/mol. The lowest BCUT2D eigenvalue weighted by Gasteiger charge is -2.34. The van der Waals surface area contributed by atoms with E-state index in [9.17, 15) is 14.4 Å². The summed E-state index contributed by atoms with van der Waals surface area (Å²) in [7, 11) is 0. The molecule has 2 fully saturated rings. The fourth-order valence-corrected chi connectivity index (χ4v) is 6.21. The molecular weight excluding hydrogens is 480 g/mol. The Morgan fingerprint density at radius 1 is 1.00 bits per heavy atom. The Balaban J connectivity index is 1.23. The van der Waals surface area contributed by atoms with Crippen LogP contribution in [-0.4, -0.2) is 87.8 Å². The van der Waals surface area contributed by atoms with Gasteiger partial charge < -0.3 is 9.80 Å². The summed E-state index contributed by atoms with van der Waals surface area (Å²) >= 11 is 7.06. The molecule has 2 aliphatic heterocycles. The number of carbonyl (C=O) groups excluding carboxylic acids is 3. The first-order valence-electron chi connectivity index (χ1n) is 12.6. The first-order valence-corrected chi connectivity index (χ1v) is 14.2. The number of nitrogens with zero attached hydrogens (tertiary/aromatic N) is 4. The van der Waals surface area contributed by atoms with Crippen molar-refractivity contribution in [3.8, 4) is 0 Å². The van der Waals surface area contributed by atoms with Crippen molar-refractivity contribution in [1.82, 2.24) is 14.7 Å². The van der Waals surface area contributed by atoms with E-state index < -0.39 is 5.54 Å². The van der Waals surface area contributed by atoms with Gasteiger partial charge in [0.15, 0.2) is 10.9 Å². The Hall–Kier alpha value is -1.97. The summed E-state index contributed by atoms with van der Waals surface area (Å²) in [6, 6.07) is 5.65. The van der Waals surface area contributed by atoms with Crippen LogP contribution in [0.3, 0.4) is 0 Å². The molecule has 0 unspecified atom stereocenters. The van der Waals surface area contributed by atoms with Crippen molar-refractivity contribution in [3.63, 3.8) is 0 Å². The number of piperazine rings is 1. The molecule has 2 amide bonds. The number of thiocarbonyl (C=S) groups is 1. The summed E-state index contributed by atoms with van der Waals surface area (Å²) in [4.78, 5) is 45.2. The third-order valence-electron chi connectivity index (χ3n) is 7.50. The molecule has 0 saturated carbocycles. The Morgan fingerprint density at radius 3 is 2.37 bits per heavy atom. The quantitative estimate of drug-likeness (QED) is 0.379. The van der Waals surface area contributed by atoms with Crippen molar-refractivity contribution in [1.29, 1.82) is 0 Å². The topological polar surface area (TPSA) is 64.2 Å². The van der Waals surface area contributed by atoms with Crippen LogP contribution in [0.15, 0.2) is 18.2 Å². The smallest absolute Gasteiger partial charge is 0.281 e. The van der Waals surface area contributed by atoms with Gasteiger partial charge in [0.25, 0.3) is 11.1 Å². The Bertz CT molecular complexity index is 1000. The summed E-state index contributed by atoms with van der Waals surface area (Å²) in [5.74, 6) is 0.169. The van der Waals surface area contributed by atoms with E-state index in [4.69, 9.17) is 12.2 Å². The van der Waals surface area contributed by atoms with Gasteiger partial charge >= 0.3 is 0 Å². The van der Waals surface area contributed by atoms with Crippen LogP contribution in [0.25, 0.3) is 0 Å². The van der Waals surface area contributed by atoms with Crippen molar-refractivity contribution >= 4 is 51.7 Å². The predicted octanol–water partition coefficient (Wildman–Crippen LogP) is 4.19. The fraction of sp³-hybridized carbons (Fsp3) is 0.615. The van der Waals surface area contributed by atoms with Crippen LogP contribution >= 0.6 is 24.0 Å². The standard InChI is InChI=1S/C26H36N4O3S2/c1-26(2)23(32)30(20-9-10-21-19(18-20)8-11-22(21)31)24(34)29(26)13-7-5-4-6-12-27-14-16-28(17-15-27)25(33)35-3/h9-10,18H,4-8,11-17H2,1-3H3. The number of aryl methyl sites for hydroxylation is 1. The molecule has 1 aromatic rings. The zero-order valence-corrected chi connectivity index (χ0v) is 22.7. The molecule has 1 aromatic carbocycles. The number of fused-ring (bicyclic) bond motifs is 1. The molecule has 0 N–H and O–H groups in total. The van der Waals surface area contributed by atoms with Gasteiger partial charge in [0.1, 0.15) is 5.54 Å². The lowest BCUT2D eigenvalue weighted by atomic mass is 10.0. The molecular formula is C26H36N4O3S2. The summed E-state index contributed by atoms with van der Waals surface area (Å²) in [6.07, 6.45) is 7.48. The number of carbonyl (C=O) groups is 3. The second-order valence-corrected chi connectivity index (χ2v) is 11.2. The molecule has 1 aliphatic carbocycles. The third kappa shape index (κ3) is 5.42. The summed E-state index contributed by atoms with van der Waals surface area (Å²) in [5, 5.41) is 0.734. The van der Waals surface area contributed by atoms with E-state index in [0.29, 0.717) is 11.5 Å². The molecule has 2 saturated heterocycles. The molecule has 4 rings (SSSR count). The van der Waals surface area contributed by atoms with Crippen molar-refractivity contribution < 1.29 is 14.4 Å². The highest BCUT2D eigenvalue weighted by atomic mass is 32.2. The lowest BCUT2D eigenvalue weighted by Crippen LogP contribution is -2.47. The minimum absolute atomic E-state index is 0.00845. The maximum Gasteiger partial charge on any atom is 0.281 e. The van der Waals surface area contributed by atoms with E-state index in [1.807, 2.05) is 43.2 Å². The fourth-order valence-electron chi connectivity index (χ4n) is 5.26. The zero-order chi connectivity index (χ0) is 25.2. The SMILES string of the molecule is CSC(=O)N1CCN(CCCCCCN2C(=S)N(c3ccc4c(c3)CCC4=O)C(=O)C2(C)C)CC1. The molecule has 0 aromatic heterocycles. The number of amides is 2. The number of hydrogen-bond donors (Lipinski definition) is 0. The molecule has 190 valence electrons. The number of anilines is 1. The van der Waals surface area contributed by atoms with Crippen molar-refractivity contribution in [2.75, 3.05) is 50.4 Å². The van der Waals surface area contributed by atoms with Crippen LogP contribution in [0.4, 0.5) is 10.5 Å². The number of thioether (sulfide) groups is 1. The van der Waals surface area contributed by atoms with Gasteiger partial charge in [-0.3, -0.25) is 24.2 Å². The van der Waals surface area contributed by atoms with Crippen molar-refractivity contribution in [2.24, 2.45) is 0 Å². The van der Waals surface area contributed by atoms with Crippen molar-refractivity contribution in [3.05, 3.63) is 29.3 Å². The van der Waals surface area contributed by atoms with E-state index in [0.717, 1.165) is 88.2 Å². The highest BCUT2D eigenvalue weighted by molar-refractivity contribution is 8.12. The Labute approximate surface area is 218 Å². The zero-order valence-electron chi connectivity index (χ0n) is 21.0. The van der Waals surface area contributed by atoms with Gasteiger partial charge in [-0.05, 0) is 81.9 Å². The van der Waals surface area contributed by atoms with Gasteiger partial charge in [-0.1, -0.05) is 24.6 Å². The van der Waals surface area contributed by atoms with Gasteiger partial charge in [0.05, 0.1) is 5.69 Å². The number of hydrogen-bond acceptors (Lipinski definition) is 6. The van der Waals surface area contributed by atoms with Gasteiger partial charge in [-0.15, -0.1) is 0 Å². The van der Waals surface area contributed by atoms with E-state index >= 15 is 0 Å². The average molecular weight is 517 g/mol. The Morgan fingerprint density at radius 2 is 1.69 bits per heavy atom. The van der Waals surface area contributed by atoms with Crippen LogP contribution in [0.1, 0.15) is 61.9 Å². The van der Waals surface area contributed by atoms with E-state index in [1.54, 1.807) is 4.90 Å². The van der Waals surface area contributed by atoms with E-state index in [-0.39, 0.29) is 16.9 Å². The van der Waals surface area contributed by atoms with Gasteiger partial charge in [-0.2, -0.15) is 0 Å². The molecule has 3 aliphatic rings. The highest BCUT2D eigenvalue weighted by Crippen LogP contribution is 2.35. The number of ketones is 1. The van der Waals surface area contributed by atoms with Crippen LogP contribution in [-0.2, 0) is 11.2 Å². The number of unbranched alkanes of at least 4 members (excludes halogenated alkanes) is 3. The molecule has 0 spiro atoms. The summed E-state index contributed by atoms with van der Waals surface area (Å²) in [6.45, 7) is 9.28. The summed E-state index contributed by atoms with van der Waals surface area (Å²) < 4.78 is 0. The molecule has 7 nitrogen and oxygen atoms in total.